The van der Waals surface area contributed by atoms with Crippen LogP contribution in [0.2, 0.25) is 0 Å². The lowest BCUT2D eigenvalue weighted by molar-refractivity contribution is 0.331. The number of hydrogen-bond acceptors (Lipinski definition) is 2. The summed E-state index contributed by atoms with van der Waals surface area (Å²) in [5.74, 6) is 0.923. The first kappa shape index (κ1) is 11.9. The van der Waals surface area contributed by atoms with Crippen LogP contribution in [0, 0.1) is 5.92 Å². The molecule has 2 N–H and O–H groups in total. The Morgan fingerprint density at radius 2 is 1.94 bits per heavy atom. The minimum atomic E-state index is 0.752. The van der Waals surface area contributed by atoms with E-state index >= 15 is 0 Å². The summed E-state index contributed by atoms with van der Waals surface area (Å²) in [7, 11) is 0. The second-order valence-electron chi connectivity index (χ2n) is 6.10. The monoisotopic (exact) mass is 244 g/mol. The summed E-state index contributed by atoms with van der Waals surface area (Å²) in [4.78, 5) is 2.64. The Balaban J connectivity index is 1.84. The molecule has 2 nitrogen and oxygen atoms in total. The van der Waals surface area contributed by atoms with Gasteiger partial charge in [-0.25, -0.2) is 0 Å². The molecule has 98 valence electrons. The highest BCUT2D eigenvalue weighted by molar-refractivity contribution is 5.63. The van der Waals surface area contributed by atoms with Crippen molar-refractivity contribution in [3.8, 4) is 0 Å². The molecule has 2 aliphatic rings. The van der Waals surface area contributed by atoms with Crippen molar-refractivity contribution < 1.29 is 0 Å². The smallest absolute Gasteiger partial charge is 0.0421 e. The van der Waals surface area contributed by atoms with Crippen LogP contribution in [0.1, 0.15) is 44.6 Å². The number of anilines is 2. The highest BCUT2D eigenvalue weighted by Crippen LogP contribution is 2.35. The predicted molar refractivity (Wildman–Crippen MR) is 77.9 cm³/mol. The van der Waals surface area contributed by atoms with Crippen LogP contribution in [-0.4, -0.2) is 12.6 Å². The number of fused-ring (bicyclic) bond motifs is 1. The Morgan fingerprint density at radius 3 is 2.72 bits per heavy atom. The van der Waals surface area contributed by atoms with E-state index in [0.717, 1.165) is 17.6 Å². The van der Waals surface area contributed by atoms with Gasteiger partial charge in [-0.1, -0.05) is 13.0 Å². The van der Waals surface area contributed by atoms with Gasteiger partial charge in [0.15, 0.2) is 0 Å². The first-order chi connectivity index (χ1) is 8.74. The van der Waals surface area contributed by atoms with Gasteiger partial charge in [0.2, 0.25) is 0 Å². The molecule has 1 aromatic carbocycles. The van der Waals surface area contributed by atoms with Gasteiger partial charge in [0.25, 0.3) is 0 Å². The summed E-state index contributed by atoms with van der Waals surface area (Å²) >= 11 is 0. The zero-order valence-electron chi connectivity index (χ0n) is 11.4. The van der Waals surface area contributed by atoms with Crippen molar-refractivity contribution in [1.82, 2.24) is 0 Å². The largest absolute Gasteiger partial charge is 0.399 e. The molecule has 0 unspecified atom stereocenters. The average molecular weight is 244 g/mol. The number of benzene rings is 1. The summed E-state index contributed by atoms with van der Waals surface area (Å²) < 4.78 is 0. The normalized spacial score (nSPS) is 27.9. The Kier molecular flexibility index (Phi) is 3.19. The van der Waals surface area contributed by atoms with Gasteiger partial charge < -0.3 is 10.6 Å². The fourth-order valence-electron chi connectivity index (χ4n) is 3.55. The average Bonchev–Trinajstić information content (AvgIpc) is 2.39. The maximum Gasteiger partial charge on any atom is 0.0421 e. The molecule has 1 heterocycles. The zero-order chi connectivity index (χ0) is 12.5. The van der Waals surface area contributed by atoms with E-state index in [2.05, 4.69) is 24.0 Å². The Hall–Kier alpha value is -1.18. The highest BCUT2D eigenvalue weighted by atomic mass is 15.2. The lowest BCUT2D eigenvalue weighted by Gasteiger charge is -2.41. The zero-order valence-corrected chi connectivity index (χ0v) is 11.4. The van der Waals surface area contributed by atoms with Crippen LogP contribution < -0.4 is 10.6 Å². The third-order valence-corrected chi connectivity index (χ3v) is 4.69. The Morgan fingerprint density at radius 1 is 1.17 bits per heavy atom. The minimum Gasteiger partial charge on any atom is -0.399 e. The van der Waals surface area contributed by atoms with Gasteiger partial charge >= 0.3 is 0 Å². The summed E-state index contributed by atoms with van der Waals surface area (Å²) in [6.45, 7) is 3.61. The molecular formula is C16H24N2. The van der Waals surface area contributed by atoms with E-state index in [4.69, 9.17) is 5.73 Å². The lowest BCUT2D eigenvalue weighted by atomic mass is 9.85. The van der Waals surface area contributed by atoms with Gasteiger partial charge in [0.05, 0.1) is 0 Å². The van der Waals surface area contributed by atoms with Crippen molar-refractivity contribution in [3.63, 3.8) is 0 Å². The van der Waals surface area contributed by atoms with Gasteiger partial charge in [-0.15, -0.1) is 0 Å². The van der Waals surface area contributed by atoms with E-state index < -0.39 is 0 Å². The first-order valence-corrected chi connectivity index (χ1v) is 7.39. The van der Waals surface area contributed by atoms with Crippen molar-refractivity contribution in [2.75, 3.05) is 17.2 Å². The molecule has 0 radical (unpaired) electrons. The topological polar surface area (TPSA) is 29.3 Å². The molecule has 2 heteroatoms. The summed E-state index contributed by atoms with van der Waals surface area (Å²) in [6.07, 6.45) is 8.00. The molecule has 1 aromatic rings. The number of rotatable bonds is 1. The maximum atomic E-state index is 5.97. The molecule has 1 aliphatic heterocycles. The number of hydrogen-bond donors (Lipinski definition) is 1. The third-order valence-electron chi connectivity index (χ3n) is 4.69. The molecular weight excluding hydrogens is 220 g/mol. The van der Waals surface area contributed by atoms with Crippen molar-refractivity contribution in [2.45, 2.75) is 51.5 Å². The van der Waals surface area contributed by atoms with E-state index in [1.54, 1.807) is 0 Å². The summed E-state index contributed by atoms with van der Waals surface area (Å²) in [5.41, 5.74) is 9.79. The third kappa shape index (κ3) is 2.21. The SMILES string of the molecule is CC1CCC(N2CCCc3ccc(N)cc32)CC1. The van der Waals surface area contributed by atoms with Gasteiger partial charge in [-0.3, -0.25) is 0 Å². The Labute approximate surface area is 110 Å². The molecule has 1 saturated carbocycles. The fraction of sp³-hybridized carbons (Fsp3) is 0.625. The molecule has 0 atom stereocenters. The molecule has 1 fully saturated rings. The predicted octanol–water partition coefficient (Wildman–Crippen LogP) is 3.60. The van der Waals surface area contributed by atoms with E-state index in [1.165, 1.54) is 56.3 Å². The molecule has 0 spiro atoms. The van der Waals surface area contributed by atoms with Crippen LogP contribution in [0.15, 0.2) is 18.2 Å². The molecule has 0 aromatic heterocycles. The Bertz CT molecular complexity index is 419. The van der Waals surface area contributed by atoms with E-state index in [-0.39, 0.29) is 0 Å². The fourth-order valence-corrected chi connectivity index (χ4v) is 3.55. The minimum absolute atomic E-state index is 0.752. The molecule has 0 bridgehead atoms. The standard InChI is InChI=1S/C16H24N2/c1-12-4-8-15(9-5-12)18-10-2-3-13-6-7-14(17)11-16(13)18/h6-7,11-12,15H,2-5,8-10,17H2,1H3. The molecule has 0 saturated heterocycles. The van der Waals surface area contributed by atoms with Crippen LogP contribution in [0.3, 0.4) is 0 Å². The molecule has 0 amide bonds. The van der Waals surface area contributed by atoms with Crippen LogP contribution in [0.25, 0.3) is 0 Å². The van der Waals surface area contributed by atoms with Crippen molar-refractivity contribution >= 4 is 11.4 Å². The van der Waals surface area contributed by atoms with Crippen LogP contribution in [0.4, 0.5) is 11.4 Å². The van der Waals surface area contributed by atoms with Gasteiger partial charge in [0, 0.05) is 24.0 Å². The highest BCUT2D eigenvalue weighted by Gasteiger charge is 2.27. The second kappa shape index (κ2) is 4.83. The van der Waals surface area contributed by atoms with E-state index in [9.17, 15) is 0 Å². The number of nitrogen functional groups attached to an aromatic ring is 1. The first-order valence-electron chi connectivity index (χ1n) is 7.39. The van der Waals surface area contributed by atoms with E-state index in [1.807, 2.05) is 6.07 Å². The van der Waals surface area contributed by atoms with Crippen LogP contribution >= 0.6 is 0 Å². The number of nitrogens with two attached hydrogens (primary N) is 1. The summed E-state index contributed by atoms with van der Waals surface area (Å²) in [5, 5.41) is 0. The molecule has 18 heavy (non-hydrogen) atoms. The summed E-state index contributed by atoms with van der Waals surface area (Å²) in [6, 6.07) is 7.21. The lowest BCUT2D eigenvalue weighted by Crippen LogP contribution is -2.41. The van der Waals surface area contributed by atoms with E-state index in [0.29, 0.717) is 0 Å². The molecule has 1 aliphatic carbocycles. The van der Waals surface area contributed by atoms with Crippen molar-refractivity contribution in [1.29, 1.82) is 0 Å². The van der Waals surface area contributed by atoms with Gasteiger partial charge in [0.1, 0.15) is 0 Å². The maximum absolute atomic E-state index is 5.97. The van der Waals surface area contributed by atoms with Crippen molar-refractivity contribution in [3.05, 3.63) is 23.8 Å². The molecule has 3 rings (SSSR count). The van der Waals surface area contributed by atoms with Crippen LogP contribution in [-0.2, 0) is 6.42 Å². The number of nitrogens with zero attached hydrogens (tertiary/aromatic N) is 1. The van der Waals surface area contributed by atoms with Crippen molar-refractivity contribution in [2.24, 2.45) is 5.92 Å². The quantitative estimate of drug-likeness (QED) is 0.765. The van der Waals surface area contributed by atoms with Crippen LogP contribution in [0.5, 0.6) is 0 Å². The second-order valence-corrected chi connectivity index (χ2v) is 6.10. The van der Waals surface area contributed by atoms with Gasteiger partial charge in [-0.05, 0) is 62.1 Å². The number of aryl methyl sites for hydroxylation is 1. The van der Waals surface area contributed by atoms with Gasteiger partial charge in [-0.2, -0.15) is 0 Å².